The first-order chi connectivity index (χ1) is 21.0. The van der Waals surface area contributed by atoms with Crippen LogP contribution in [0.1, 0.15) is 70.3 Å². The number of carbonyl (C=O) groups excluding carboxylic acids is 1. The van der Waals surface area contributed by atoms with Crippen LogP contribution in [-0.4, -0.2) is 75.2 Å². The maximum atomic E-state index is 14.3. The molecule has 0 spiro atoms. The van der Waals surface area contributed by atoms with E-state index in [1.807, 2.05) is 70.6 Å². The molecule has 0 amide bonds. The smallest absolute Gasteiger partial charge is 0.355 e. The summed E-state index contributed by atoms with van der Waals surface area (Å²) in [7, 11) is 3.18. The number of anilines is 1. The van der Waals surface area contributed by atoms with Crippen LogP contribution in [0.5, 0.6) is 5.75 Å². The second-order valence-corrected chi connectivity index (χ2v) is 12.5. The number of pyridine rings is 1. The first-order valence-corrected chi connectivity index (χ1v) is 15.3. The fourth-order valence-corrected chi connectivity index (χ4v) is 6.17. The SMILES string of the molecule is COc1ccc(C)c(-c2nc3c(cc2Cl)c(N2C[C@@H](C)N([B]C=O)C[C@@H]2C)nc(=O)n3-c2c(C(C)C)ncnc2C(C)C)c1. The lowest BCUT2D eigenvalue weighted by atomic mass is 9.89. The van der Waals surface area contributed by atoms with E-state index in [4.69, 9.17) is 26.3 Å². The number of benzene rings is 1. The van der Waals surface area contributed by atoms with Crippen LogP contribution in [0.25, 0.3) is 28.0 Å². The van der Waals surface area contributed by atoms with Crippen molar-refractivity contribution in [1.29, 1.82) is 0 Å². The van der Waals surface area contributed by atoms with E-state index in [1.165, 1.54) is 0 Å². The summed E-state index contributed by atoms with van der Waals surface area (Å²) in [6, 6.07) is 7.56. The van der Waals surface area contributed by atoms with Crippen LogP contribution in [0.2, 0.25) is 5.02 Å². The van der Waals surface area contributed by atoms with Gasteiger partial charge in [0.2, 0.25) is 0 Å². The first-order valence-electron chi connectivity index (χ1n) is 14.9. The van der Waals surface area contributed by atoms with E-state index in [2.05, 4.69) is 21.8 Å². The van der Waals surface area contributed by atoms with Crippen molar-refractivity contribution >= 4 is 42.1 Å². The lowest BCUT2D eigenvalue weighted by Crippen LogP contribution is -2.58. The Bertz CT molecular complexity index is 1750. The lowest BCUT2D eigenvalue weighted by molar-refractivity contribution is 0.281. The van der Waals surface area contributed by atoms with E-state index in [9.17, 15) is 9.59 Å². The number of aryl methyl sites for hydroxylation is 1. The van der Waals surface area contributed by atoms with Gasteiger partial charge in [0.25, 0.3) is 7.41 Å². The topological polar surface area (TPSA) is 106 Å². The van der Waals surface area contributed by atoms with Crippen LogP contribution >= 0.6 is 11.6 Å². The largest absolute Gasteiger partial charge is 0.497 e. The number of fused-ring (bicyclic) bond motifs is 1. The van der Waals surface area contributed by atoms with E-state index in [0.29, 0.717) is 52.1 Å². The van der Waals surface area contributed by atoms with Crippen LogP contribution in [0.4, 0.5) is 5.82 Å². The molecule has 0 saturated carbocycles. The Morgan fingerprint density at radius 1 is 1.02 bits per heavy atom. The Morgan fingerprint density at radius 2 is 1.70 bits per heavy atom. The summed E-state index contributed by atoms with van der Waals surface area (Å²) >= 11 is 7.03. The molecule has 1 aromatic carbocycles. The number of piperazine rings is 1. The zero-order valence-corrected chi connectivity index (χ0v) is 27.3. The average Bonchev–Trinajstić information content (AvgIpc) is 2.98. The molecule has 1 aliphatic heterocycles. The molecule has 10 nitrogen and oxygen atoms in total. The van der Waals surface area contributed by atoms with Crippen LogP contribution in [0.3, 0.4) is 0 Å². The molecule has 1 aliphatic rings. The second-order valence-electron chi connectivity index (χ2n) is 12.1. The Hall–Kier alpha value is -3.83. The Kier molecular flexibility index (Phi) is 9.08. The highest BCUT2D eigenvalue weighted by atomic mass is 35.5. The summed E-state index contributed by atoms with van der Waals surface area (Å²) in [4.78, 5) is 48.8. The van der Waals surface area contributed by atoms with Crippen molar-refractivity contribution in [2.45, 2.75) is 72.4 Å². The van der Waals surface area contributed by atoms with Gasteiger partial charge in [-0.1, -0.05) is 45.4 Å². The van der Waals surface area contributed by atoms with Crippen molar-refractivity contribution in [3.05, 3.63) is 63.1 Å². The van der Waals surface area contributed by atoms with Gasteiger partial charge in [-0.3, -0.25) is 0 Å². The minimum Gasteiger partial charge on any atom is -0.497 e. The number of halogens is 1. The van der Waals surface area contributed by atoms with Gasteiger partial charge in [0.05, 0.1) is 46.5 Å². The maximum Gasteiger partial charge on any atom is 0.355 e. The highest BCUT2D eigenvalue weighted by Crippen LogP contribution is 2.38. The maximum absolute atomic E-state index is 14.3. The third-order valence-electron chi connectivity index (χ3n) is 8.26. The molecule has 0 bridgehead atoms. The third-order valence-corrected chi connectivity index (χ3v) is 8.54. The summed E-state index contributed by atoms with van der Waals surface area (Å²) in [5.74, 6) is 1.18. The molecule has 1 fully saturated rings. The van der Waals surface area contributed by atoms with Gasteiger partial charge in [0.1, 0.15) is 17.9 Å². The quantitative estimate of drug-likeness (QED) is 0.196. The number of rotatable bonds is 8. The highest BCUT2D eigenvalue weighted by Gasteiger charge is 2.33. The summed E-state index contributed by atoms with van der Waals surface area (Å²) in [5.41, 5.74) is 4.30. The fourth-order valence-electron chi connectivity index (χ4n) is 5.91. The molecule has 4 heterocycles. The molecule has 229 valence electrons. The van der Waals surface area contributed by atoms with E-state index < -0.39 is 5.69 Å². The van der Waals surface area contributed by atoms with Crippen LogP contribution in [0.15, 0.2) is 35.4 Å². The summed E-state index contributed by atoms with van der Waals surface area (Å²) in [5, 5.41) is 1.06. The van der Waals surface area contributed by atoms with Crippen LogP contribution < -0.4 is 15.3 Å². The number of hydrogen-bond donors (Lipinski definition) is 0. The molecule has 1 saturated heterocycles. The van der Waals surface area contributed by atoms with Gasteiger partial charge >= 0.3 is 5.69 Å². The minimum absolute atomic E-state index is 0.00236. The molecular weight excluding hydrogens is 577 g/mol. The molecule has 44 heavy (non-hydrogen) atoms. The zero-order valence-electron chi connectivity index (χ0n) is 26.5. The van der Waals surface area contributed by atoms with Gasteiger partial charge in [-0.25, -0.2) is 24.3 Å². The van der Waals surface area contributed by atoms with Crippen molar-refractivity contribution in [3.63, 3.8) is 0 Å². The van der Waals surface area contributed by atoms with E-state index in [0.717, 1.165) is 28.7 Å². The molecule has 2 atom stereocenters. The standard InChI is InChI=1S/C32H38BClN7O3/c1-17(2)26-29(27(18(3)4)36-16-35-26)41-31-24(12-25(34)28(37-31)23-11-22(44-8)10-9-19(23)5)30(38-32(41)43)39-13-21(7)40(33-15-42)14-20(39)6/h9-12,15-18,20-21H,13-14H2,1-8H3/t20-,21+/m0/s1. The first kappa shape index (κ1) is 31.6. The Labute approximate surface area is 263 Å². The number of hydrogen-bond acceptors (Lipinski definition) is 9. The van der Waals surface area contributed by atoms with E-state index >= 15 is 0 Å². The molecule has 0 N–H and O–H groups in total. The lowest BCUT2D eigenvalue weighted by Gasteiger charge is -2.44. The molecule has 5 rings (SSSR count). The summed E-state index contributed by atoms with van der Waals surface area (Å²) in [6.45, 7) is 15.4. The predicted molar refractivity (Wildman–Crippen MR) is 176 cm³/mol. The Balaban J connectivity index is 1.87. The second kappa shape index (κ2) is 12.7. The highest BCUT2D eigenvalue weighted by molar-refractivity contribution is 6.64. The molecule has 0 unspecified atom stereocenters. The van der Waals surface area contributed by atoms with Gasteiger partial charge in [-0.2, -0.15) is 4.98 Å². The van der Waals surface area contributed by atoms with Gasteiger partial charge in [0.15, 0.2) is 5.65 Å². The number of methoxy groups -OCH3 is 1. The van der Waals surface area contributed by atoms with Crippen molar-refractivity contribution in [2.24, 2.45) is 0 Å². The summed E-state index contributed by atoms with van der Waals surface area (Å²) in [6.07, 6.45) is 2.36. The van der Waals surface area contributed by atoms with Gasteiger partial charge in [0, 0.05) is 30.7 Å². The molecular formula is C32H38BClN7O3. The zero-order chi connectivity index (χ0) is 31.9. The molecule has 0 aliphatic carbocycles. The molecule has 12 heteroatoms. The van der Waals surface area contributed by atoms with Crippen molar-refractivity contribution in [1.82, 2.24) is 29.3 Å². The van der Waals surface area contributed by atoms with E-state index in [1.54, 1.807) is 25.4 Å². The van der Waals surface area contributed by atoms with Crippen molar-refractivity contribution in [2.75, 3.05) is 25.1 Å². The number of carbonyl (C=O) groups is 1. The van der Waals surface area contributed by atoms with Gasteiger partial charge < -0.3 is 19.2 Å². The van der Waals surface area contributed by atoms with Gasteiger partial charge in [-0.05, 0) is 56.4 Å². The number of ether oxygens (including phenoxy) is 1. The average molecular weight is 615 g/mol. The van der Waals surface area contributed by atoms with Crippen molar-refractivity contribution in [3.8, 4) is 22.7 Å². The third kappa shape index (κ3) is 5.70. The van der Waals surface area contributed by atoms with Crippen LogP contribution in [-0.2, 0) is 4.79 Å². The summed E-state index contributed by atoms with van der Waals surface area (Å²) < 4.78 is 7.07. The molecule has 3 aromatic heterocycles. The Morgan fingerprint density at radius 3 is 2.32 bits per heavy atom. The molecule has 4 aromatic rings. The fraction of sp³-hybridized carbons (Fsp3) is 0.438. The predicted octanol–water partition coefficient (Wildman–Crippen LogP) is 5.16. The minimum atomic E-state index is -0.476. The van der Waals surface area contributed by atoms with Gasteiger partial charge in [-0.15, -0.1) is 0 Å². The van der Waals surface area contributed by atoms with Crippen LogP contribution in [0, 0.1) is 6.92 Å². The van der Waals surface area contributed by atoms with Crippen molar-refractivity contribution < 1.29 is 9.53 Å². The van der Waals surface area contributed by atoms with E-state index in [-0.39, 0.29) is 23.9 Å². The molecule has 1 radical (unpaired) electrons. The number of nitrogens with zero attached hydrogens (tertiary/aromatic N) is 7. The number of aromatic nitrogens is 5. The monoisotopic (exact) mass is 614 g/mol. The normalized spacial score (nSPS) is 17.5.